The predicted octanol–water partition coefficient (Wildman–Crippen LogP) is 5.62. The number of ether oxygens (including phenoxy) is 2. The second-order valence-corrected chi connectivity index (χ2v) is 7.09. The molecule has 0 aliphatic carbocycles. The van der Waals surface area contributed by atoms with E-state index in [1.807, 2.05) is 18.2 Å². The van der Waals surface area contributed by atoms with E-state index in [1.165, 1.54) is 0 Å². The van der Waals surface area contributed by atoms with Crippen molar-refractivity contribution in [2.45, 2.75) is 12.3 Å². The van der Waals surface area contributed by atoms with Crippen molar-refractivity contribution in [3.63, 3.8) is 0 Å². The number of hydrogen-bond donors (Lipinski definition) is 0. The summed E-state index contributed by atoms with van der Waals surface area (Å²) >= 11 is 13.8. The zero-order chi connectivity index (χ0) is 15.0. The molecule has 1 unspecified atom stereocenters. The molecule has 2 aromatic carbocycles. The number of alkyl halides is 1. The Kier molecular flexibility index (Phi) is 4.48. The van der Waals surface area contributed by atoms with Crippen molar-refractivity contribution < 1.29 is 9.47 Å². The Labute approximate surface area is 145 Å². The second-order valence-electron chi connectivity index (χ2n) is 4.88. The first-order valence-electron chi connectivity index (χ1n) is 6.55. The first kappa shape index (κ1) is 15.2. The van der Waals surface area contributed by atoms with Gasteiger partial charge in [-0.3, -0.25) is 0 Å². The minimum Gasteiger partial charge on any atom is -0.486 e. The van der Waals surface area contributed by atoms with Crippen molar-refractivity contribution in [2.24, 2.45) is 0 Å². The van der Waals surface area contributed by atoms with E-state index < -0.39 is 0 Å². The lowest BCUT2D eigenvalue weighted by Gasteiger charge is -2.22. The predicted molar refractivity (Wildman–Crippen MR) is 91.7 cm³/mol. The normalized spacial score (nSPS) is 14.9. The summed E-state index contributed by atoms with van der Waals surface area (Å²) in [6.07, 6.45) is 0. The average molecular weight is 433 g/mol. The molecule has 0 amide bonds. The van der Waals surface area contributed by atoms with Crippen molar-refractivity contribution >= 4 is 43.5 Å². The molecule has 5 heteroatoms. The Balaban J connectivity index is 2.05. The highest BCUT2D eigenvalue weighted by atomic mass is 79.9. The summed E-state index contributed by atoms with van der Waals surface area (Å²) < 4.78 is 13.2. The molecule has 21 heavy (non-hydrogen) atoms. The molecule has 0 saturated heterocycles. The lowest BCUT2D eigenvalue weighted by molar-refractivity contribution is 0.171. The van der Waals surface area contributed by atoms with Crippen LogP contribution in [0.5, 0.6) is 11.5 Å². The molecule has 3 rings (SSSR count). The van der Waals surface area contributed by atoms with E-state index in [9.17, 15) is 0 Å². The van der Waals surface area contributed by atoms with E-state index in [0.29, 0.717) is 13.2 Å². The van der Waals surface area contributed by atoms with Crippen molar-refractivity contribution in [1.82, 2.24) is 0 Å². The third-order valence-electron chi connectivity index (χ3n) is 3.45. The topological polar surface area (TPSA) is 18.5 Å². The summed E-state index contributed by atoms with van der Waals surface area (Å²) in [5.41, 5.74) is 3.20. The van der Waals surface area contributed by atoms with Crippen molar-refractivity contribution in [3.8, 4) is 11.5 Å². The fourth-order valence-electron chi connectivity index (χ4n) is 2.33. The largest absolute Gasteiger partial charge is 0.486 e. The molecule has 0 radical (unpaired) electrons. The van der Waals surface area contributed by atoms with Gasteiger partial charge in [0, 0.05) is 8.95 Å². The molecule has 0 aromatic heterocycles. The van der Waals surface area contributed by atoms with E-state index in [2.05, 4.69) is 50.9 Å². The van der Waals surface area contributed by atoms with Gasteiger partial charge in [0.15, 0.2) is 11.5 Å². The zero-order valence-corrected chi connectivity index (χ0v) is 15.3. The Morgan fingerprint density at radius 1 is 1.00 bits per heavy atom. The Morgan fingerprint density at radius 2 is 1.67 bits per heavy atom. The highest BCUT2D eigenvalue weighted by Crippen LogP contribution is 2.42. The van der Waals surface area contributed by atoms with Gasteiger partial charge in [0.1, 0.15) is 13.2 Å². The monoisotopic (exact) mass is 430 g/mol. The molecule has 110 valence electrons. The first-order valence-corrected chi connectivity index (χ1v) is 8.57. The number of hydrogen-bond acceptors (Lipinski definition) is 2. The van der Waals surface area contributed by atoms with Gasteiger partial charge in [0.25, 0.3) is 0 Å². The molecule has 0 N–H and O–H groups in total. The molecule has 1 atom stereocenters. The summed E-state index contributed by atoms with van der Waals surface area (Å²) in [6.45, 7) is 3.20. The molecular weight excluding hydrogens is 419 g/mol. The highest BCUT2D eigenvalue weighted by Gasteiger charge is 2.21. The fourth-order valence-corrected chi connectivity index (χ4v) is 3.80. The summed E-state index contributed by atoms with van der Waals surface area (Å²) in [7, 11) is 0. The summed E-state index contributed by atoms with van der Waals surface area (Å²) in [6, 6.07) is 10.0. The molecule has 2 aromatic rings. The van der Waals surface area contributed by atoms with E-state index in [0.717, 1.165) is 37.1 Å². The van der Waals surface area contributed by atoms with Gasteiger partial charge in [-0.05, 0) is 47.9 Å². The van der Waals surface area contributed by atoms with Crippen LogP contribution in [0.3, 0.4) is 0 Å². The van der Waals surface area contributed by atoms with Crippen molar-refractivity contribution in [1.29, 1.82) is 0 Å². The van der Waals surface area contributed by atoms with Gasteiger partial charge in [-0.25, -0.2) is 0 Å². The standard InChI is InChI=1S/C16H13Br2ClO2/c1-9-2-3-10(17)6-11(9)16(19)12-7-14-15(8-13(12)18)21-5-4-20-14/h2-3,6-8,16H,4-5H2,1H3. The highest BCUT2D eigenvalue weighted by molar-refractivity contribution is 9.10. The van der Waals surface area contributed by atoms with Crippen LogP contribution in [0.4, 0.5) is 0 Å². The van der Waals surface area contributed by atoms with Crippen LogP contribution in [0.25, 0.3) is 0 Å². The Hall–Kier alpha value is -0.710. The van der Waals surface area contributed by atoms with E-state index in [1.54, 1.807) is 0 Å². The number of halogens is 3. The average Bonchev–Trinajstić information content (AvgIpc) is 2.48. The van der Waals surface area contributed by atoms with Crippen LogP contribution in [-0.4, -0.2) is 13.2 Å². The van der Waals surface area contributed by atoms with Crippen LogP contribution >= 0.6 is 43.5 Å². The van der Waals surface area contributed by atoms with Crippen LogP contribution in [0.2, 0.25) is 0 Å². The van der Waals surface area contributed by atoms with Gasteiger partial charge in [-0.1, -0.05) is 37.9 Å². The number of benzene rings is 2. The molecule has 1 aliphatic heterocycles. The molecule has 0 saturated carbocycles. The van der Waals surface area contributed by atoms with E-state index in [-0.39, 0.29) is 5.38 Å². The van der Waals surface area contributed by atoms with Gasteiger partial charge in [0.05, 0.1) is 5.38 Å². The Morgan fingerprint density at radius 3 is 2.38 bits per heavy atom. The smallest absolute Gasteiger partial charge is 0.162 e. The second kappa shape index (κ2) is 6.19. The van der Waals surface area contributed by atoms with Gasteiger partial charge >= 0.3 is 0 Å². The lowest BCUT2D eigenvalue weighted by Crippen LogP contribution is -2.15. The van der Waals surface area contributed by atoms with Crippen LogP contribution < -0.4 is 9.47 Å². The van der Waals surface area contributed by atoms with E-state index in [4.69, 9.17) is 21.1 Å². The van der Waals surface area contributed by atoms with Crippen molar-refractivity contribution in [3.05, 3.63) is 56.0 Å². The number of rotatable bonds is 2. The molecule has 2 nitrogen and oxygen atoms in total. The SMILES string of the molecule is Cc1ccc(Br)cc1C(Cl)c1cc2c(cc1Br)OCCO2. The lowest BCUT2D eigenvalue weighted by atomic mass is 9.99. The van der Waals surface area contributed by atoms with Gasteiger partial charge in [-0.15, -0.1) is 11.6 Å². The molecule has 1 aliphatic rings. The van der Waals surface area contributed by atoms with Crippen molar-refractivity contribution in [2.75, 3.05) is 13.2 Å². The third-order valence-corrected chi connectivity index (χ3v) is 5.10. The zero-order valence-electron chi connectivity index (χ0n) is 11.3. The third kappa shape index (κ3) is 3.08. The fraction of sp³-hybridized carbons (Fsp3) is 0.250. The van der Waals surface area contributed by atoms with Gasteiger partial charge in [0.2, 0.25) is 0 Å². The first-order chi connectivity index (χ1) is 10.1. The van der Waals surface area contributed by atoms with Crippen LogP contribution in [0.15, 0.2) is 39.3 Å². The molecule has 1 heterocycles. The summed E-state index contributed by atoms with van der Waals surface area (Å²) in [5, 5.41) is -0.257. The quantitative estimate of drug-likeness (QED) is 0.574. The van der Waals surface area contributed by atoms with Gasteiger partial charge < -0.3 is 9.47 Å². The summed E-state index contributed by atoms with van der Waals surface area (Å²) in [4.78, 5) is 0. The molecule has 0 spiro atoms. The van der Waals surface area contributed by atoms with E-state index >= 15 is 0 Å². The molecule has 0 fully saturated rings. The summed E-state index contributed by atoms with van der Waals surface area (Å²) in [5.74, 6) is 1.50. The van der Waals surface area contributed by atoms with Gasteiger partial charge in [-0.2, -0.15) is 0 Å². The number of aryl methyl sites for hydroxylation is 1. The number of fused-ring (bicyclic) bond motifs is 1. The maximum Gasteiger partial charge on any atom is 0.162 e. The minimum absolute atomic E-state index is 0.257. The maximum absolute atomic E-state index is 6.71. The Bertz CT molecular complexity index is 688. The van der Waals surface area contributed by atoms with Crippen LogP contribution in [0.1, 0.15) is 22.1 Å². The van der Waals surface area contributed by atoms with Crippen LogP contribution in [0, 0.1) is 6.92 Å². The minimum atomic E-state index is -0.257. The van der Waals surface area contributed by atoms with Crippen LogP contribution in [-0.2, 0) is 0 Å². The molecule has 0 bridgehead atoms. The molecular formula is C16H13Br2ClO2. The maximum atomic E-state index is 6.71.